The summed E-state index contributed by atoms with van der Waals surface area (Å²) in [4.78, 5) is 2.67. The van der Waals surface area contributed by atoms with Crippen LogP contribution in [0.2, 0.25) is 0 Å². The molecule has 2 nitrogen and oxygen atoms in total. The van der Waals surface area contributed by atoms with Gasteiger partial charge in [-0.2, -0.15) is 0 Å². The summed E-state index contributed by atoms with van der Waals surface area (Å²) in [6, 6.07) is 11.4. The van der Waals surface area contributed by atoms with E-state index < -0.39 is 0 Å². The molecule has 1 saturated heterocycles. The van der Waals surface area contributed by atoms with Crippen LogP contribution in [0.3, 0.4) is 0 Å². The van der Waals surface area contributed by atoms with E-state index in [0.29, 0.717) is 0 Å². The highest BCUT2D eigenvalue weighted by molar-refractivity contribution is 5.23. The molecule has 1 heterocycles. The number of benzene rings is 1. The van der Waals surface area contributed by atoms with E-state index in [1.54, 1.807) is 0 Å². The summed E-state index contributed by atoms with van der Waals surface area (Å²) >= 11 is 0. The molecule has 0 amide bonds. The Labute approximate surface area is 117 Å². The van der Waals surface area contributed by atoms with E-state index >= 15 is 0 Å². The van der Waals surface area contributed by atoms with Crippen molar-refractivity contribution in [2.24, 2.45) is 11.7 Å². The van der Waals surface area contributed by atoms with Gasteiger partial charge in [0, 0.05) is 12.6 Å². The van der Waals surface area contributed by atoms with Gasteiger partial charge in [-0.25, -0.2) is 0 Å². The minimum atomic E-state index is -0.230. The fourth-order valence-electron chi connectivity index (χ4n) is 4.09. The molecule has 3 atom stereocenters. The van der Waals surface area contributed by atoms with Gasteiger partial charge >= 0.3 is 0 Å². The van der Waals surface area contributed by atoms with Gasteiger partial charge < -0.3 is 5.73 Å². The van der Waals surface area contributed by atoms with Crippen LogP contribution in [0.4, 0.5) is 0 Å². The van der Waals surface area contributed by atoms with E-state index in [1.165, 1.54) is 44.2 Å². The van der Waals surface area contributed by atoms with E-state index in [4.69, 9.17) is 5.73 Å². The number of likely N-dealkylation sites (tertiary alicyclic amines) is 1. The standard InChI is InChI=1S/C17H26N2/c1-17(18,15-9-3-2-4-10-15)13-19-12-6-8-14-7-5-11-16(14)19/h2-4,9-10,14,16H,5-8,11-13,18H2,1H3. The molecule has 1 saturated carbocycles. The second-order valence-electron chi connectivity index (χ2n) is 6.65. The minimum Gasteiger partial charge on any atom is -0.321 e. The first-order valence-corrected chi connectivity index (χ1v) is 7.75. The lowest BCUT2D eigenvalue weighted by Crippen LogP contribution is -2.52. The summed E-state index contributed by atoms with van der Waals surface area (Å²) < 4.78 is 0. The summed E-state index contributed by atoms with van der Waals surface area (Å²) in [5.74, 6) is 0.945. The summed E-state index contributed by atoms with van der Waals surface area (Å²) in [7, 11) is 0. The van der Waals surface area contributed by atoms with Crippen LogP contribution < -0.4 is 5.73 Å². The molecule has 1 aromatic rings. The van der Waals surface area contributed by atoms with Crippen molar-refractivity contribution >= 4 is 0 Å². The van der Waals surface area contributed by atoms with Gasteiger partial charge in [-0.15, -0.1) is 0 Å². The highest BCUT2D eigenvalue weighted by atomic mass is 15.2. The SMILES string of the molecule is CC(N)(CN1CCCC2CCCC21)c1ccccc1. The Hall–Kier alpha value is -0.860. The van der Waals surface area contributed by atoms with Gasteiger partial charge in [0.05, 0.1) is 5.54 Å². The van der Waals surface area contributed by atoms with Crippen molar-refractivity contribution in [3.63, 3.8) is 0 Å². The number of nitrogens with two attached hydrogens (primary N) is 1. The molecule has 1 aliphatic carbocycles. The van der Waals surface area contributed by atoms with Crippen molar-refractivity contribution in [2.45, 2.75) is 50.6 Å². The molecule has 3 unspecified atom stereocenters. The van der Waals surface area contributed by atoms with Crippen molar-refractivity contribution in [3.8, 4) is 0 Å². The molecule has 2 aliphatic rings. The Bertz CT molecular complexity index is 413. The largest absolute Gasteiger partial charge is 0.321 e. The zero-order valence-corrected chi connectivity index (χ0v) is 12.0. The molecule has 0 aromatic heterocycles. The topological polar surface area (TPSA) is 29.3 Å². The quantitative estimate of drug-likeness (QED) is 0.902. The van der Waals surface area contributed by atoms with Crippen LogP contribution in [0.1, 0.15) is 44.6 Å². The summed E-state index contributed by atoms with van der Waals surface area (Å²) in [6.45, 7) is 4.42. The van der Waals surface area contributed by atoms with E-state index in [9.17, 15) is 0 Å². The van der Waals surface area contributed by atoms with Gasteiger partial charge in [0.15, 0.2) is 0 Å². The van der Waals surface area contributed by atoms with Crippen LogP contribution in [0.25, 0.3) is 0 Å². The molecule has 1 aliphatic heterocycles. The smallest absolute Gasteiger partial charge is 0.0510 e. The minimum absolute atomic E-state index is 0.230. The third-order valence-electron chi connectivity index (χ3n) is 5.07. The number of piperidine rings is 1. The van der Waals surface area contributed by atoms with Gasteiger partial charge in [-0.1, -0.05) is 36.8 Å². The predicted molar refractivity (Wildman–Crippen MR) is 79.9 cm³/mol. The molecule has 19 heavy (non-hydrogen) atoms. The number of nitrogens with zero attached hydrogens (tertiary/aromatic N) is 1. The maximum Gasteiger partial charge on any atom is 0.0510 e. The lowest BCUT2D eigenvalue weighted by Gasteiger charge is -2.42. The normalized spacial score (nSPS) is 30.8. The number of hydrogen-bond donors (Lipinski definition) is 1. The third kappa shape index (κ3) is 2.70. The Morgan fingerprint density at radius 2 is 1.89 bits per heavy atom. The molecule has 2 fully saturated rings. The van der Waals surface area contributed by atoms with Crippen molar-refractivity contribution in [1.29, 1.82) is 0 Å². The van der Waals surface area contributed by atoms with Crippen LogP contribution in [-0.4, -0.2) is 24.0 Å². The highest BCUT2D eigenvalue weighted by Gasteiger charge is 2.37. The number of hydrogen-bond acceptors (Lipinski definition) is 2. The van der Waals surface area contributed by atoms with Gasteiger partial charge in [0.25, 0.3) is 0 Å². The molecule has 0 radical (unpaired) electrons. The van der Waals surface area contributed by atoms with Crippen LogP contribution in [0.15, 0.2) is 30.3 Å². The molecular weight excluding hydrogens is 232 g/mol. The van der Waals surface area contributed by atoms with Crippen molar-refractivity contribution < 1.29 is 0 Å². The van der Waals surface area contributed by atoms with E-state index in [-0.39, 0.29) is 5.54 Å². The van der Waals surface area contributed by atoms with Crippen molar-refractivity contribution in [3.05, 3.63) is 35.9 Å². The summed E-state index contributed by atoms with van der Waals surface area (Å²) in [5.41, 5.74) is 7.64. The molecule has 0 spiro atoms. The van der Waals surface area contributed by atoms with Gasteiger partial charge in [0.2, 0.25) is 0 Å². The third-order valence-corrected chi connectivity index (χ3v) is 5.07. The molecular formula is C17H26N2. The van der Waals surface area contributed by atoms with Crippen LogP contribution in [-0.2, 0) is 5.54 Å². The first-order chi connectivity index (χ1) is 9.17. The second kappa shape index (κ2) is 5.26. The molecule has 1 aromatic carbocycles. The molecule has 0 bridgehead atoms. The number of rotatable bonds is 3. The maximum absolute atomic E-state index is 6.61. The monoisotopic (exact) mass is 258 g/mol. The van der Waals surface area contributed by atoms with Crippen LogP contribution in [0, 0.1) is 5.92 Å². The van der Waals surface area contributed by atoms with Crippen LogP contribution in [0.5, 0.6) is 0 Å². The van der Waals surface area contributed by atoms with Gasteiger partial charge in [-0.3, -0.25) is 4.90 Å². The average molecular weight is 258 g/mol. The summed E-state index contributed by atoms with van der Waals surface area (Å²) in [6.07, 6.45) is 7.03. The molecule has 104 valence electrons. The van der Waals surface area contributed by atoms with Gasteiger partial charge in [-0.05, 0) is 50.6 Å². The van der Waals surface area contributed by atoms with Gasteiger partial charge in [0.1, 0.15) is 0 Å². The predicted octanol–water partition coefficient (Wildman–Crippen LogP) is 3.13. The Balaban J connectivity index is 1.73. The van der Waals surface area contributed by atoms with Crippen molar-refractivity contribution in [2.75, 3.05) is 13.1 Å². The maximum atomic E-state index is 6.61. The Kier molecular flexibility index (Phi) is 3.64. The average Bonchev–Trinajstić information content (AvgIpc) is 2.89. The van der Waals surface area contributed by atoms with Crippen LogP contribution >= 0.6 is 0 Å². The zero-order valence-electron chi connectivity index (χ0n) is 12.0. The lowest BCUT2D eigenvalue weighted by atomic mass is 9.87. The molecule has 2 heteroatoms. The first-order valence-electron chi connectivity index (χ1n) is 7.75. The fourth-order valence-corrected chi connectivity index (χ4v) is 4.09. The highest BCUT2D eigenvalue weighted by Crippen LogP contribution is 2.37. The van der Waals surface area contributed by atoms with E-state index in [0.717, 1.165) is 18.5 Å². The molecule has 2 N–H and O–H groups in total. The summed E-state index contributed by atoms with van der Waals surface area (Å²) in [5, 5.41) is 0. The first kappa shape index (κ1) is 13.1. The number of fused-ring (bicyclic) bond motifs is 1. The fraction of sp³-hybridized carbons (Fsp3) is 0.647. The Morgan fingerprint density at radius 1 is 1.16 bits per heavy atom. The lowest BCUT2D eigenvalue weighted by molar-refractivity contribution is 0.0891. The van der Waals surface area contributed by atoms with Crippen molar-refractivity contribution in [1.82, 2.24) is 4.90 Å². The van der Waals surface area contributed by atoms with E-state index in [1.807, 2.05) is 0 Å². The zero-order chi connectivity index (χ0) is 13.3. The molecule has 3 rings (SSSR count). The Morgan fingerprint density at radius 3 is 2.68 bits per heavy atom. The second-order valence-corrected chi connectivity index (χ2v) is 6.65. The van der Waals surface area contributed by atoms with E-state index in [2.05, 4.69) is 42.2 Å².